The molecule has 0 bridgehead atoms. The zero-order valence-electron chi connectivity index (χ0n) is 62.0. The highest BCUT2D eigenvalue weighted by Gasteiger charge is 2.30. The van der Waals surface area contributed by atoms with E-state index in [2.05, 4.69) is 41.5 Å². The van der Waals surface area contributed by atoms with Crippen LogP contribution in [0, 0.1) is 11.8 Å². The summed E-state index contributed by atoms with van der Waals surface area (Å²) in [7, 11) is -9.90. The number of unbranched alkanes of at least 4 members (excludes halogenated alkanes) is 45. The van der Waals surface area contributed by atoms with E-state index in [1.54, 1.807) is 0 Å². The summed E-state index contributed by atoms with van der Waals surface area (Å²) >= 11 is 0. The SMILES string of the molecule is CCCCCCCCCCCCCCCCCCCCCCCCC(=O)O[C@H](COC(=O)CCCCCCCCCCCCCCCCC(C)C)COP(=O)(O)OC[C@@H](O)COP(=O)(O)OC[C@@H](COC(=O)CCCCCCCCC)OC(=O)CCCCCCCCC(C)C. The van der Waals surface area contributed by atoms with Gasteiger partial charge in [0, 0.05) is 25.7 Å². The summed E-state index contributed by atoms with van der Waals surface area (Å²) in [6.45, 7) is 9.47. The van der Waals surface area contributed by atoms with Gasteiger partial charge in [0.15, 0.2) is 12.2 Å². The third-order valence-corrected chi connectivity index (χ3v) is 19.6. The first-order valence-electron chi connectivity index (χ1n) is 39.5. The molecule has 0 aliphatic rings. The minimum absolute atomic E-state index is 0.102. The maximum Gasteiger partial charge on any atom is 0.472 e. The zero-order chi connectivity index (χ0) is 70.0. The number of hydrogen-bond donors (Lipinski definition) is 3. The Bertz CT molecular complexity index is 1840. The quantitative estimate of drug-likeness (QED) is 0.0222. The Hall–Kier alpha value is -1.94. The first-order valence-corrected chi connectivity index (χ1v) is 42.5. The molecule has 0 saturated carbocycles. The van der Waals surface area contributed by atoms with Gasteiger partial charge in [-0.05, 0) is 37.5 Å². The van der Waals surface area contributed by atoms with E-state index in [0.29, 0.717) is 31.6 Å². The molecule has 0 aromatic heterocycles. The van der Waals surface area contributed by atoms with Crippen LogP contribution in [0.3, 0.4) is 0 Å². The molecule has 0 amide bonds. The summed E-state index contributed by atoms with van der Waals surface area (Å²) in [5.41, 5.74) is 0. The molecule has 17 nitrogen and oxygen atoms in total. The second kappa shape index (κ2) is 67.9. The molecule has 0 aliphatic heterocycles. The Labute approximate surface area is 581 Å². The Morgan fingerprint density at radius 2 is 0.484 bits per heavy atom. The molecule has 0 rings (SSSR count). The molecule has 0 aromatic rings. The fraction of sp³-hybridized carbons (Fsp3) is 0.947. The van der Waals surface area contributed by atoms with Crippen LogP contribution in [0.4, 0.5) is 0 Å². The molecular formula is C76H148O17P2. The first-order chi connectivity index (χ1) is 45.9. The van der Waals surface area contributed by atoms with Crippen molar-refractivity contribution < 1.29 is 80.2 Å². The summed E-state index contributed by atoms with van der Waals surface area (Å²) in [6.07, 6.45) is 56.1. The Morgan fingerprint density at radius 1 is 0.284 bits per heavy atom. The lowest BCUT2D eigenvalue weighted by molar-refractivity contribution is -0.161. The molecule has 95 heavy (non-hydrogen) atoms. The highest BCUT2D eigenvalue weighted by Crippen LogP contribution is 2.45. The zero-order valence-corrected chi connectivity index (χ0v) is 63.8. The van der Waals surface area contributed by atoms with Crippen LogP contribution in [-0.2, 0) is 65.4 Å². The van der Waals surface area contributed by atoms with Gasteiger partial charge in [-0.2, -0.15) is 0 Å². The van der Waals surface area contributed by atoms with Crippen molar-refractivity contribution in [3.05, 3.63) is 0 Å². The van der Waals surface area contributed by atoms with Gasteiger partial charge in [0.2, 0.25) is 0 Å². The number of aliphatic hydroxyl groups is 1. The van der Waals surface area contributed by atoms with Crippen molar-refractivity contribution in [3.8, 4) is 0 Å². The molecule has 0 radical (unpaired) electrons. The van der Waals surface area contributed by atoms with Crippen molar-refractivity contribution in [1.82, 2.24) is 0 Å². The molecule has 0 aromatic carbocycles. The topological polar surface area (TPSA) is 237 Å². The summed E-state index contributed by atoms with van der Waals surface area (Å²) in [6, 6.07) is 0. The third-order valence-electron chi connectivity index (χ3n) is 17.7. The molecule has 5 atom stereocenters. The van der Waals surface area contributed by atoms with Gasteiger partial charge in [-0.1, -0.05) is 343 Å². The number of aliphatic hydroxyl groups excluding tert-OH is 1. The lowest BCUT2D eigenvalue weighted by Crippen LogP contribution is -2.30. The largest absolute Gasteiger partial charge is 0.472 e. The van der Waals surface area contributed by atoms with Gasteiger partial charge in [-0.25, -0.2) is 9.13 Å². The summed E-state index contributed by atoms with van der Waals surface area (Å²) in [5.74, 6) is -0.658. The third kappa shape index (κ3) is 70.3. The van der Waals surface area contributed by atoms with Crippen LogP contribution >= 0.6 is 15.6 Å². The lowest BCUT2D eigenvalue weighted by atomic mass is 10.0. The van der Waals surface area contributed by atoms with Crippen molar-refractivity contribution in [1.29, 1.82) is 0 Å². The van der Waals surface area contributed by atoms with E-state index < -0.39 is 97.5 Å². The number of phosphoric acid groups is 2. The average molecular weight is 1400 g/mol. The Kier molecular flexibility index (Phi) is 66.5. The number of rotatable bonds is 75. The van der Waals surface area contributed by atoms with Crippen LogP contribution in [0.2, 0.25) is 0 Å². The van der Waals surface area contributed by atoms with Gasteiger partial charge >= 0.3 is 39.5 Å². The van der Waals surface area contributed by atoms with Gasteiger partial charge in [0.05, 0.1) is 26.4 Å². The van der Waals surface area contributed by atoms with Gasteiger partial charge in [-0.3, -0.25) is 37.3 Å². The minimum atomic E-state index is -4.96. The molecular weight excluding hydrogens is 1250 g/mol. The monoisotopic (exact) mass is 1400 g/mol. The van der Waals surface area contributed by atoms with Crippen LogP contribution in [0.15, 0.2) is 0 Å². The standard InChI is InChI=1S/C76H148O17P2/c1-7-9-11-13-15-16-17-18-19-20-21-22-23-24-25-26-31-34-37-41-48-54-60-75(80)92-71(65-87-74(79)59-53-47-40-36-33-30-28-27-29-32-35-39-44-50-56-68(3)4)66-90-94(82,83)88-62-70(77)63-89-95(84,85)91-67-72(64-86-73(78)58-52-46-38-14-12-10-8-2)93-76(81)61-55-49-43-42-45-51-57-69(5)6/h68-72,77H,7-67H2,1-6H3,(H,82,83)(H,84,85)/t70-,71-,72-/m1/s1. The van der Waals surface area contributed by atoms with Gasteiger partial charge in [-0.15, -0.1) is 0 Å². The molecule has 2 unspecified atom stereocenters. The van der Waals surface area contributed by atoms with Crippen molar-refractivity contribution in [2.24, 2.45) is 11.8 Å². The smallest absolute Gasteiger partial charge is 0.462 e. The number of esters is 4. The Balaban J connectivity index is 5.13. The van der Waals surface area contributed by atoms with Gasteiger partial charge in [0.1, 0.15) is 19.3 Å². The highest BCUT2D eigenvalue weighted by molar-refractivity contribution is 7.47. The van der Waals surface area contributed by atoms with Gasteiger partial charge in [0.25, 0.3) is 0 Å². The van der Waals surface area contributed by atoms with Crippen LogP contribution in [0.1, 0.15) is 395 Å². The fourth-order valence-corrected chi connectivity index (χ4v) is 13.2. The maximum atomic E-state index is 13.1. The van der Waals surface area contributed by atoms with E-state index in [9.17, 15) is 43.2 Å². The minimum Gasteiger partial charge on any atom is -0.462 e. The van der Waals surface area contributed by atoms with E-state index in [1.807, 2.05) is 0 Å². The molecule has 3 N–H and O–H groups in total. The summed E-state index contributed by atoms with van der Waals surface area (Å²) in [5, 5.41) is 10.6. The predicted molar refractivity (Wildman–Crippen MR) is 386 cm³/mol. The van der Waals surface area contributed by atoms with Crippen LogP contribution in [-0.4, -0.2) is 96.7 Å². The number of carbonyl (C=O) groups excluding carboxylic acids is 4. The second-order valence-electron chi connectivity index (χ2n) is 28.3. The molecule has 0 heterocycles. The van der Waals surface area contributed by atoms with E-state index in [4.69, 9.17) is 37.0 Å². The molecule has 0 saturated heterocycles. The average Bonchev–Trinajstić information content (AvgIpc) is 1.27. The molecule has 0 aliphatic carbocycles. The van der Waals surface area contributed by atoms with Crippen LogP contribution < -0.4 is 0 Å². The summed E-state index contributed by atoms with van der Waals surface area (Å²) < 4.78 is 68.3. The molecule has 0 spiro atoms. The van der Waals surface area contributed by atoms with E-state index >= 15 is 0 Å². The van der Waals surface area contributed by atoms with Crippen molar-refractivity contribution in [2.45, 2.75) is 413 Å². The number of hydrogen-bond acceptors (Lipinski definition) is 15. The van der Waals surface area contributed by atoms with E-state index in [-0.39, 0.29) is 25.7 Å². The summed E-state index contributed by atoms with van der Waals surface area (Å²) in [4.78, 5) is 72.5. The first kappa shape index (κ1) is 93.1. The van der Waals surface area contributed by atoms with E-state index in [0.717, 1.165) is 109 Å². The number of carbonyl (C=O) groups is 4. The van der Waals surface area contributed by atoms with Crippen molar-refractivity contribution >= 4 is 39.5 Å². The normalized spacial score (nSPS) is 14.0. The number of phosphoric ester groups is 2. The van der Waals surface area contributed by atoms with Crippen LogP contribution in [0.25, 0.3) is 0 Å². The molecule has 564 valence electrons. The highest BCUT2D eigenvalue weighted by atomic mass is 31.2. The predicted octanol–water partition coefficient (Wildman–Crippen LogP) is 22.3. The van der Waals surface area contributed by atoms with E-state index in [1.165, 1.54) is 199 Å². The van der Waals surface area contributed by atoms with Crippen LogP contribution in [0.5, 0.6) is 0 Å². The number of ether oxygens (including phenoxy) is 4. The lowest BCUT2D eigenvalue weighted by Gasteiger charge is -2.21. The Morgan fingerprint density at radius 3 is 0.716 bits per heavy atom. The fourth-order valence-electron chi connectivity index (χ4n) is 11.7. The second-order valence-corrected chi connectivity index (χ2v) is 31.3. The molecule has 19 heteroatoms. The van der Waals surface area contributed by atoms with Gasteiger partial charge < -0.3 is 33.8 Å². The maximum absolute atomic E-state index is 13.1. The van der Waals surface area contributed by atoms with Crippen molar-refractivity contribution in [2.75, 3.05) is 39.6 Å². The molecule has 0 fully saturated rings. The van der Waals surface area contributed by atoms with Crippen molar-refractivity contribution in [3.63, 3.8) is 0 Å².